The number of hydrogen-bond acceptors (Lipinski definition) is 6. The SMILES string of the molecule is Cc1cc(=O)n(C2CC(C)(O)C2)c2ncc(OCCN3CCC4(CC3)C(=O)Nc3ccc(Cl)cc34)cc12. The van der Waals surface area contributed by atoms with Crippen molar-refractivity contribution in [2.45, 2.75) is 56.6 Å². The number of likely N-dealkylation sites (tertiary alicyclic amines) is 1. The standard InChI is InChI=1S/C28H31ClN4O4/c1-17-11-24(34)33(19-14-27(2,36)15-19)25-21(17)13-20(16-30-25)37-10-9-32-7-5-28(6-8-32)22-12-18(29)3-4-23(22)31-26(28)35/h3-4,11-13,16,19,36H,5-10,14-15H2,1-2H3,(H,31,35). The lowest BCUT2D eigenvalue weighted by Gasteiger charge is -2.42. The number of hydrogen-bond donors (Lipinski definition) is 2. The zero-order valence-electron chi connectivity index (χ0n) is 21.1. The van der Waals surface area contributed by atoms with Crippen LogP contribution in [0.3, 0.4) is 0 Å². The number of nitrogens with zero attached hydrogens (tertiary/aromatic N) is 3. The number of aliphatic hydroxyl groups is 1. The lowest BCUT2D eigenvalue weighted by atomic mass is 9.73. The summed E-state index contributed by atoms with van der Waals surface area (Å²) in [6.07, 6.45) is 4.25. The topological polar surface area (TPSA) is 96.7 Å². The van der Waals surface area contributed by atoms with Crippen molar-refractivity contribution in [3.05, 3.63) is 63.0 Å². The van der Waals surface area contributed by atoms with Crippen LogP contribution in [0.4, 0.5) is 5.69 Å². The second kappa shape index (κ2) is 8.82. The van der Waals surface area contributed by atoms with Crippen molar-refractivity contribution in [1.29, 1.82) is 0 Å². The van der Waals surface area contributed by atoms with Gasteiger partial charge < -0.3 is 15.2 Å². The van der Waals surface area contributed by atoms with Crippen LogP contribution in [-0.4, -0.2) is 57.3 Å². The molecule has 1 spiro atoms. The normalized spacial score (nSPS) is 24.6. The third kappa shape index (κ3) is 4.21. The highest BCUT2D eigenvalue weighted by atomic mass is 35.5. The molecule has 1 aliphatic carbocycles. The number of carbonyl (C=O) groups excluding carboxylic acids is 1. The van der Waals surface area contributed by atoms with Gasteiger partial charge in [0.2, 0.25) is 5.91 Å². The first kappa shape index (κ1) is 24.4. The summed E-state index contributed by atoms with van der Waals surface area (Å²) in [5.41, 5.74) is 2.07. The molecule has 1 saturated carbocycles. The summed E-state index contributed by atoms with van der Waals surface area (Å²) in [6.45, 7) is 6.55. The van der Waals surface area contributed by atoms with Crippen molar-refractivity contribution < 1.29 is 14.6 Å². The molecule has 1 aromatic carbocycles. The van der Waals surface area contributed by atoms with Crippen molar-refractivity contribution in [2.24, 2.45) is 0 Å². The number of aromatic nitrogens is 2. The number of fused-ring (bicyclic) bond motifs is 3. The highest BCUT2D eigenvalue weighted by Gasteiger charge is 2.48. The Morgan fingerprint density at radius 1 is 1.19 bits per heavy atom. The summed E-state index contributed by atoms with van der Waals surface area (Å²) in [4.78, 5) is 32.5. The van der Waals surface area contributed by atoms with Crippen molar-refractivity contribution >= 4 is 34.2 Å². The molecule has 37 heavy (non-hydrogen) atoms. The van der Waals surface area contributed by atoms with Crippen LogP contribution in [0.1, 0.15) is 49.8 Å². The van der Waals surface area contributed by atoms with Gasteiger partial charge in [-0.25, -0.2) is 4.98 Å². The first-order valence-electron chi connectivity index (χ1n) is 12.9. The molecule has 2 aromatic heterocycles. The average molecular weight is 523 g/mol. The van der Waals surface area contributed by atoms with Gasteiger partial charge in [-0.3, -0.25) is 19.1 Å². The number of pyridine rings is 2. The van der Waals surface area contributed by atoms with E-state index in [0.29, 0.717) is 35.9 Å². The largest absolute Gasteiger partial charge is 0.491 e. The quantitative estimate of drug-likeness (QED) is 0.529. The Kier molecular flexibility index (Phi) is 5.82. The second-order valence-electron chi connectivity index (χ2n) is 11.1. The van der Waals surface area contributed by atoms with Crippen molar-refractivity contribution in [3.8, 4) is 5.75 Å². The predicted molar refractivity (Wildman–Crippen MR) is 143 cm³/mol. The smallest absolute Gasteiger partial charge is 0.252 e. The number of piperidine rings is 1. The highest BCUT2D eigenvalue weighted by Crippen LogP contribution is 2.46. The molecular formula is C28H31ClN4O4. The van der Waals surface area contributed by atoms with E-state index in [1.54, 1.807) is 23.8 Å². The summed E-state index contributed by atoms with van der Waals surface area (Å²) in [7, 11) is 0. The first-order chi connectivity index (χ1) is 17.6. The van der Waals surface area contributed by atoms with E-state index in [1.807, 2.05) is 31.2 Å². The molecule has 2 fully saturated rings. The lowest BCUT2D eigenvalue weighted by molar-refractivity contribution is -0.122. The van der Waals surface area contributed by atoms with Gasteiger partial charge in [0.25, 0.3) is 5.56 Å². The number of nitrogens with one attached hydrogen (secondary N) is 1. The molecule has 0 unspecified atom stereocenters. The van der Waals surface area contributed by atoms with E-state index in [4.69, 9.17) is 16.3 Å². The molecule has 9 heteroatoms. The molecular weight excluding hydrogens is 492 g/mol. The van der Waals surface area contributed by atoms with E-state index in [9.17, 15) is 14.7 Å². The molecule has 1 amide bonds. The molecule has 4 heterocycles. The molecule has 2 aliphatic heterocycles. The zero-order chi connectivity index (χ0) is 25.9. The van der Waals surface area contributed by atoms with E-state index < -0.39 is 11.0 Å². The van der Waals surface area contributed by atoms with Gasteiger partial charge in [-0.1, -0.05) is 11.6 Å². The monoisotopic (exact) mass is 522 g/mol. The lowest BCUT2D eigenvalue weighted by Crippen LogP contribution is -2.47. The summed E-state index contributed by atoms with van der Waals surface area (Å²) >= 11 is 6.23. The van der Waals surface area contributed by atoms with Crippen LogP contribution >= 0.6 is 11.6 Å². The number of aryl methyl sites for hydroxylation is 1. The third-order valence-electron chi connectivity index (χ3n) is 8.35. The minimum Gasteiger partial charge on any atom is -0.491 e. The predicted octanol–water partition coefficient (Wildman–Crippen LogP) is 3.81. The summed E-state index contributed by atoms with van der Waals surface area (Å²) in [5.74, 6) is 0.732. The molecule has 3 aromatic rings. The van der Waals surface area contributed by atoms with Gasteiger partial charge >= 0.3 is 0 Å². The van der Waals surface area contributed by atoms with Crippen LogP contribution in [0.2, 0.25) is 5.02 Å². The van der Waals surface area contributed by atoms with Gasteiger partial charge in [0.05, 0.1) is 17.2 Å². The number of ether oxygens (including phenoxy) is 1. The zero-order valence-corrected chi connectivity index (χ0v) is 21.8. The van der Waals surface area contributed by atoms with E-state index in [-0.39, 0.29) is 17.5 Å². The maximum absolute atomic E-state index is 12.9. The summed E-state index contributed by atoms with van der Waals surface area (Å²) in [5, 5.41) is 14.7. The fourth-order valence-electron chi connectivity index (χ4n) is 6.26. The molecule has 2 N–H and O–H groups in total. The Bertz CT molecular complexity index is 1450. The van der Waals surface area contributed by atoms with Crippen molar-refractivity contribution in [2.75, 3.05) is 31.6 Å². The Hall–Kier alpha value is -2.94. The van der Waals surface area contributed by atoms with Gasteiger partial charge in [0, 0.05) is 34.7 Å². The van der Waals surface area contributed by atoms with Crippen molar-refractivity contribution in [1.82, 2.24) is 14.5 Å². The molecule has 0 atom stereocenters. The fourth-order valence-corrected chi connectivity index (χ4v) is 6.43. The van der Waals surface area contributed by atoms with Gasteiger partial charge in [-0.05, 0) is 88.0 Å². The summed E-state index contributed by atoms with van der Waals surface area (Å²) in [6, 6.07) is 9.16. The van der Waals surface area contributed by atoms with Gasteiger partial charge in [-0.15, -0.1) is 0 Å². The molecule has 3 aliphatic rings. The Morgan fingerprint density at radius 2 is 1.95 bits per heavy atom. The first-order valence-corrected chi connectivity index (χ1v) is 13.2. The van der Waals surface area contributed by atoms with E-state index in [1.165, 1.54) is 0 Å². The van der Waals surface area contributed by atoms with Crippen LogP contribution in [0.15, 0.2) is 41.3 Å². The van der Waals surface area contributed by atoms with Gasteiger partial charge in [-0.2, -0.15) is 0 Å². The Morgan fingerprint density at radius 3 is 2.68 bits per heavy atom. The third-order valence-corrected chi connectivity index (χ3v) is 8.59. The maximum atomic E-state index is 12.9. The van der Waals surface area contributed by atoms with Gasteiger partial charge in [0.15, 0.2) is 0 Å². The number of amides is 1. The minimum absolute atomic E-state index is 0.0443. The van der Waals surface area contributed by atoms with Crippen LogP contribution in [0, 0.1) is 6.92 Å². The fraction of sp³-hybridized carbons (Fsp3) is 0.464. The number of benzene rings is 1. The average Bonchev–Trinajstić information content (AvgIpc) is 3.10. The Labute approximate surface area is 220 Å². The van der Waals surface area contributed by atoms with E-state index in [0.717, 1.165) is 54.7 Å². The molecule has 8 nitrogen and oxygen atoms in total. The van der Waals surface area contributed by atoms with Crippen LogP contribution in [0.5, 0.6) is 5.75 Å². The number of halogens is 1. The van der Waals surface area contributed by atoms with Gasteiger partial charge in [0.1, 0.15) is 18.0 Å². The van der Waals surface area contributed by atoms with Crippen LogP contribution in [-0.2, 0) is 10.2 Å². The highest BCUT2D eigenvalue weighted by molar-refractivity contribution is 6.31. The van der Waals surface area contributed by atoms with E-state index >= 15 is 0 Å². The molecule has 6 rings (SSSR count). The summed E-state index contributed by atoms with van der Waals surface area (Å²) < 4.78 is 7.76. The maximum Gasteiger partial charge on any atom is 0.252 e. The minimum atomic E-state index is -0.726. The van der Waals surface area contributed by atoms with E-state index in [2.05, 4.69) is 15.2 Å². The number of rotatable bonds is 5. The molecule has 0 radical (unpaired) electrons. The molecule has 0 bridgehead atoms. The van der Waals surface area contributed by atoms with Crippen molar-refractivity contribution in [3.63, 3.8) is 0 Å². The molecule has 194 valence electrons. The number of carbonyl (C=O) groups is 1. The molecule has 1 saturated heterocycles. The van der Waals surface area contributed by atoms with Crippen LogP contribution < -0.4 is 15.6 Å². The number of anilines is 1. The Balaban J connectivity index is 1.10. The van der Waals surface area contributed by atoms with Crippen LogP contribution in [0.25, 0.3) is 11.0 Å². The second-order valence-corrected chi connectivity index (χ2v) is 11.5.